The molecule has 0 aliphatic carbocycles. The predicted octanol–water partition coefficient (Wildman–Crippen LogP) is 3.35. The molecule has 5 nitrogen and oxygen atoms in total. The first-order valence-corrected chi connectivity index (χ1v) is 6.92. The summed E-state index contributed by atoms with van der Waals surface area (Å²) in [5.74, 6) is 0. The van der Waals surface area contributed by atoms with Crippen LogP contribution in [0.5, 0.6) is 0 Å². The molecule has 1 aliphatic heterocycles. The van der Waals surface area contributed by atoms with Gasteiger partial charge in [-0.05, 0) is 13.3 Å². The Morgan fingerprint density at radius 1 is 1.36 bits per heavy atom. The van der Waals surface area contributed by atoms with Gasteiger partial charge in [-0.1, -0.05) is 23.8 Å². The minimum absolute atomic E-state index is 0. The van der Waals surface area contributed by atoms with Crippen LogP contribution in [0.15, 0.2) is 36.4 Å². The number of benzene rings is 1. The first-order valence-electron chi connectivity index (χ1n) is 6.92. The van der Waals surface area contributed by atoms with Crippen LogP contribution in [0.1, 0.15) is 24.9 Å². The quantitative estimate of drug-likeness (QED) is 0.504. The van der Waals surface area contributed by atoms with E-state index in [4.69, 9.17) is 0 Å². The number of hydrogen-bond donors (Lipinski definition) is 1. The van der Waals surface area contributed by atoms with Gasteiger partial charge in [0, 0.05) is 43.9 Å². The second-order valence-electron chi connectivity index (χ2n) is 5.28. The molecule has 1 atom stereocenters. The summed E-state index contributed by atoms with van der Waals surface area (Å²) in [6.45, 7) is 9.62. The second kappa shape index (κ2) is 9.79. The summed E-state index contributed by atoms with van der Waals surface area (Å²) in [7, 11) is 0. The summed E-state index contributed by atoms with van der Waals surface area (Å²) in [6, 6.07) is 7.08. The van der Waals surface area contributed by atoms with Crippen molar-refractivity contribution in [2.45, 2.75) is 19.4 Å². The van der Waals surface area contributed by atoms with E-state index in [-0.39, 0.29) is 41.5 Å². The third-order valence-electron chi connectivity index (χ3n) is 3.63. The summed E-state index contributed by atoms with van der Waals surface area (Å²) >= 11 is 0. The summed E-state index contributed by atoms with van der Waals surface area (Å²) in [4.78, 5) is 13.3. The molecule has 1 aromatic carbocycles. The molecule has 0 radical (unpaired) electrons. The van der Waals surface area contributed by atoms with Crippen LogP contribution < -0.4 is 5.32 Å². The van der Waals surface area contributed by atoms with Gasteiger partial charge in [0.25, 0.3) is 5.69 Å². The molecule has 1 N–H and O–H groups in total. The minimum atomic E-state index is -0.289. The Labute approximate surface area is 143 Å². The lowest BCUT2D eigenvalue weighted by atomic mass is 9.96. The van der Waals surface area contributed by atoms with Crippen molar-refractivity contribution in [3.8, 4) is 0 Å². The van der Waals surface area contributed by atoms with E-state index in [0.29, 0.717) is 0 Å². The molecule has 1 heterocycles. The number of para-hydroxylation sites is 1. The van der Waals surface area contributed by atoms with Gasteiger partial charge >= 0.3 is 0 Å². The van der Waals surface area contributed by atoms with E-state index in [1.54, 1.807) is 12.1 Å². The predicted molar refractivity (Wildman–Crippen MR) is 94.2 cm³/mol. The van der Waals surface area contributed by atoms with Crippen LogP contribution in [0.3, 0.4) is 0 Å². The van der Waals surface area contributed by atoms with Crippen molar-refractivity contribution in [1.29, 1.82) is 0 Å². The first kappa shape index (κ1) is 20.9. The monoisotopic (exact) mass is 347 g/mol. The van der Waals surface area contributed by atoms with Gasteiger partial charge in [0.2, 0.25) is 0 Å². The molecule has 22 heavy (non-hydrogen) atoms. The fourth-order valence-electron chi connectivity index (χ4n) is 2.70. The second-order valence-corrected chi connectivity index (χ2v) is 5.28. The average Bonchev–Trinajstić information content (AvgIpc) is 2.45. The molecule has 0 spiro atoms. The molecule has 0 saturated carbocycles. The number of nitrogens with one attached hydrogen (secondary N) is 1. The van der Waals surface area contributed by atoms with E-state index in [2.05, 4.69) is 16.8 Å². The zero-order valence-corrected chi connectivity index (χ0v) is 14.3. The maximum absolute atomic E-state index is 11.2. The van der Waals surface area contributed by atoms with Crippen molar-refractivity contribution in [3.05, 3.63) is 52.1 Å². The molecular weight excluding hydrogens is 325 g/mol. The van der Waals surface area contributed by atoms with Crippen LogP contribution in [0, 0.1) is 10.1 Å². The fourth-order valence-corrected chi connectivity index (χ4v) is 2.70. The van der Waals surface area contributed by atoms with Gasteiger partial charge in [-0.2, -0.15) is 0 Å². The zero-order valence-electron chi connectivity index (χ0n) is 12.7. The first-order chi connectivity index (χ1) is 9.59. The normalized spacial score (nSPS) is 16.0. The van der Waals surface area contributed by atoms with Crippen LogP contribution >= 0.6 is 24.8 Å². The number of nitro benzene ring substituents is 1. The third-order valence-corrected chi connectivity index (χ3v) is 3.63. The molecule has 2 rings (SSSR count). The molecular formula is C15H23Cl2N3O2. The van der Waals surface area contributed by atoms with E-state index < -0.39 is 0 Å². The van der Waals surface area contributed by atoms with Gasteiger partial charge in [0.15, 0.2) is 0 Å². The average molecular weight is 348 g/mol. The van der Waals surface area contributed by atoms with Gasteiger partial charge in [-0.25, -0.2) is 0 Å². The Morgan fingerprint density at radius 2 is 1.95 bits per heavy atom. The molecule has 1 saturated heterocycles. The van der Waals surface area contributed by atoms with Gasteiger partial charge in [-0.15, -0.1) is 31.4 Å². The fraction of sp³-hybridized carbons (Fsp3) is 0.467. The van der Waals surface area contributed by atoms with Crippen LogP contribution in [-0.4, -0.2) is 36.0 Å². The van der Waals surface area contributed by atoms with Gasteiger partial charge in [0.1, 0.15) is 0 Å². The Kier molecular flexibility index (Phi) is 9.28. The third kappa shape index (κ3) is 5.25. The van der Waals surface area contributed by atoms with Gasteiger partial charge < -0.3 is 5.32 Å². The Bertz CT molecular complexity index is 505. The summed E-state index contributed by atoms with van der Waals surface area (Å²) in [5.41, 5.74) is 2.05. The molecule has 0 unspecified atom stereocenters. The number of rotatable bonds is 5. The van der Waals surface area contributed by atoms with Crippen molar-refractivity contribution in [2.24, 2.45) is 0 Å². The molecule has 7 heteroatoms. The number of nitro groups is 1. The maximum atomic E-state index is 11.2. The largest absolute Gasteiger partial charge is 0.314 e. The smallest absolute Gasteiger partial charge is 0.274 e. The summed E-state index contributed by atoms with van der Waals surface area (Å²) < 4.78 is 0. The highest BCUT2D eigenvalue weighted by molar-refractivity contribution is 5.85. The van der Waals surface area contributed by atoms with Crippen LogP contribution in [0.25, 0.3) is 0 Å². The maximum Gasteiger partial charge on any atom is 0.274 e. The minimum Gasteiger partial charge on any atom is -0.314 e. The van der Waals surface area contributed by atoms with E-state index in [1.807, 2.05) is 19.1 Å². The van der Waals surface area contributed by atoms with Gasteiger partial charge in [0.05, 0.1) is 4.92 Å². The van der Waals surface area contributed by atoms with Gasteiger partial charge in [-0.3, -0.25) is 15.0 Å². The lowest BCUT2D eigenvalue weighted by Gasteiger charge is -2.35. The number of nitrogens with zero attached hydrogens (tertiary/aromatic N) is 2. The lowest BCUT2D eigenvalue weighted by Crippen LogP contribution is -2.45. The highest BCUT2D eigenvalue weighted by Crippen LogP contribution is 2.33. The number of piperazine rings is 1. The van der Waals surface area contributed by atoms with Crippen molar-refractivity contribution in [2.75, 3.05) is 26.2 Å². The summed E-state index contributed by atoms with van der Waals surface area (Å²) in [6.07, 6.45) is 0.755. The molecule has 1 fully saturated rings. The Hall–Kier alpha value is -1.14. The SMILES string of the molecule is C=C(C)C[C@H](c1ccccc1[N+](=O)[O-])N1CCNCC1.Cl.Cl. The molecule has 1 aromatic rings. The van der Waals surface area contributed by atoms with Crippen molar-refractivity contribution in [3.63, 3.8) is 0 Å². The number of hydrogen-bond acceptors (Lipinski definition) is 4. The van der Waals surface area contributed by atoms with Crippen LogP contribution in [0.4, 0.5) is 5.69 Å². The molecule has 0 amide bonds. The van der Waals surface area contributed by atoms with Crippen molar-refractivity contribution < 1.29 is 4.92 Å². The van der Waals surface area contributed by atoms with Crippen molar-refractivity contribution >= 4 is 30.5 Å². The molecule has 124 valence electrons. The highest BCUT2D eigenvalue weighted by atomic mass is 35.5. The van der Waals surface area contributed by atoms with Crippen LogP contribution in [-0.2, 0) is 0 Å². The van der Waals surface area contributed by atoms with Crippen LogP contribution in [0.2, 0.25) is 0 Å². The van der Waals surface area contributed by atoms with E-state index in [9.17, 15) is 10.1 Å². The Morgan fingerprint density at radius 3 is 2.50 bits per heavy atom. The highest BCUT2D eigenvalue weighted by Gasteiger charge is 2.27. The van der Waals surface area contributed by atoms with E-state index in [1.165, 1.54) is 0 Å². The standard InChI is InChI=1S/C15H21N3O2.2ClH/c1-12(2)11-15(17-9-7-16-8-10-17)13-5-3-4-6-14(13)18(19)20;;/h3-6,15-16H,1,7-11H2,2H3;2*1H/t15-;;/m1../s1. The molecule has 1 aliphatic rings. The molecule has 0 aromatic heterocycles. The molecule has 0 bridgehead atoms. The van der Waals surface area contributed by atoms with Crippen molar-refractivity contribution in [1.82, 2.24) is 10.2 Å². The van der Waals surface area contributed by atoms with E-state index in [0.717, 1.165) is 43.7 Å². The van der Waals surface area contributed by atoms with E-state index >= 15 is 0 Å². The lowest BCUT2D eigenvalue weighted by molar-refractivity contribution is -0.386. The number of halogens is 2. The zero-order chi connectivity index (χ0) is 14.5. The summed E-state index contributed by atoms with van der Waals surface area (Å²) in [5, 5.41) is 14.6. The Balaban J connectivity index is 0.00000220. The topological polar surface area (TPSA) is 58.4 Å².